The number of amides is 4. The summed E-state index contributed by atoms with van der Waals surface area (Å²) in [6, 6.07) is 13.4. The van der Waals surface area contributed by atoms with Gasteiger partial charge in [-0.25, -0.2) is 15.0 Å². The molecule has 6 aromatic heterocycles. The third-order valence-corrected chi connectivity index (χ3v) is 13.2. The lowest BCUT2D eigenvalue weighted by Gasteiger charge is -2.16. The highest BCUT2D eigenvalue weighted by Gasteiger charge is 2.32. The molecule has 0 bridgehead atoms. The predicted octanol–water partition coefficient (Wildman–Crippen LogP) is 9.53. The SMILES string of the molecule is CNC(=O)CCCCC[C@H](NC(=O)c1cncs1)c1ncc(-c2ccc3cc(C(F)(F)F)ncc3c2)[nH]1.CNC(=O)CCCCC[C@H](NC(=O)c1cncs1)c1ncc(-c2ccc3cc(OC)ncc3c2)[nH]1. The van der Waals surface area contributed by atoms with E-state index in [0.717, 1.165) is 72.2 Å². The first-order valence-corrected chi connectivity index (χ1v) is 24.9. The molecule has 2 aromatic carbocycles. The van der Waals surface area contributed by atoms with Crippen LogP contribution >= 0.6 is 22.7 Å². The van der Waals surface area contributed by atoms with Crippen LogP contribution in [-0.2, 0) is 15.8 Å². The molecular weight excluding hydrogens is 970 g/mol. The number of hydrogen-bond donors (Lipinski definition) is 6. The first-order chi connectivity index (χ1) is 34.8. The number of hydrogen-bond acceptors (Lipinski definition) is 13. The number of ether oxygens (including phenoxy) is 1. The Morgan fingerprint density at radius 1 is 0.597 bits per heavy atom. The number of carbonyl (C=O) groups is 4. The number of methoxy groups -OCH3 is 1. The number of pyridine rings is 2. The Morgan fingerprint density at radius 2 is 1.08 bits per heavy atom. The summed E-state index contributed by atoms with van der Waals surface area (Å²) in [5.74, 6) is 1.43. The van der Waals surface area contributed by atoms with E-state index in [1.165, 1.54) is 35.1 Å². The highest BCUT2D eigenvalue weighted by molar-refractivity contribution is 7.12. The number of unbranched alkanes of at least 4 members (excludes halogenated alkanes) is 4. The van der Waals surface area contributed by atoms with Gasteiger partial charge in [-0.1, -0.05) is 49.9 Å². The molecule has 0 aliphatic heterocycles. The Hall–Kier alpha value is -7.59. The smallest absolute Gasteiger partial charge is 0.433 e. The second-order valence-electron chi connectivity index (χ2n) is 16.6. The molecule has 0 saturated carbocycles. The first kappa shape index (κ1) is 52.2. The van der Waals surface area contributed by atoms with Crippen LogP contribution in [0.2, 0.25) is 0 Å². The molecule has 8 aromatic rings. The highest BCUT2D eigenvalue weighted by Crippen LogP contribution is 2.32. The number of rotatable bonds is 21. The summed E-state index contributed by atoms with van der Waals surface area (Å²) in [6.45, 7) is 0. The Balaban J connectivity index is 0.000000212. The van der Waals surface area contributed by atoms with Crippen molar-refractivity contribution in [2.45, 2.75) is 82.5 Å². The van der Waals surface area contributed by atoms with E-state index in [2.05, 4.69) is 61.1 Å². The van der Waals surface area contributed by atoms with Gasteiger partial charge in [0.1, 0.15) is 27.1 Å². The van der Waals surface area contributed by atoms with Gasteiger partial charge >= 0.3 is 6.18 Å². The van der Waals surface area contributed by atoms with Crippen LogP contribution in [0.1, 0.15) is 113 Å². The van der Waals surface area contributed by atoms with E-state index in [1.54, 1.807) is 75.2 Å². The third-order valence-electron chi connectivity index (χ3n) is 11.7. The normalized spacial score (nSPS) is 12.1. The first-order valence-electron chi connectivity index (χ1n) is 23.1. The van der Waals surface area contributed by atoms with Crippen LogP contribution in [0.5, 0.6) is 5.88 Å². The van der Waals surface area contributed by atoms with E-state index in [9.17, 15) is 32.3 Å². The van der Waals surface area contributed by atoms with Crippen LogP contribution in [0.15, 0.2) is 96.7 Å². The van der Waals surface area contributed by atoms with Gasteiger partial charge in [-0.15, -0.1) is 22.7 Å². The van der Waals surface area contributed by atoms with Crippen LogP contribution < -0.4 is 26.0 Å². The van der Waals surface area contributed by atoms with E-state index in [-0.39, 0.29) is 29.7 Å². The second-order valence-corrected chi connectivity index (χ2v) is 18.4. The van der Waals surface area contributed by atoms with Crippen LogP contribution in [0.3, 0.4) is 0 Å². The summed E-state index contributed by atoms with van der Waals surface area (Å²) in [5, 5.41) is 14.4. The van der Waals surface area contributed by atoms with Crippen LogP contribution in [0, 0.1) is 0 Å². The van der Waals surface area contributed by atoms with Gasteiger partial charge in [-0.2, -0.15) is 13.2 Å². The van der Waals surface area contributed by atoms with Crippen molar-refractivity contribution in [1.82, 2.24) is 61.1 Å². The largest absolute Gasteiger partial charge is 0.481 e. The fourth-order valence-electron chi connectivity index (χ4n) is 7.73. The van der Waals surface area contributed by atoms with Gasteiger partial charge in [-0.3, -0.25) is 34.1 Å². The zero-order valence-corrected chi connectivity index (χ0v) is 41.3. The molecule has 4 amide bonds. The molecule has 0 saturated heterocycles. The Labute approximate surface area is 420 Å². The fourth-order valence-corrected chi connectivity index (χ4v) is 8.77. The summed E-state index contributed by atoms with van der Waals surface area (Å²) in [6.07, 6.45) is 12.1. The lowest BCUT2D eigenvalue weighted by atomic mass is 10.1. The Bertz CT molecular complexity index is 3070. The highest BCUT2D eigenvalue weighted by atomic mass is 32.1. The van der Waals surface area contributed by atoms with Gasteiger partial charge in [-0.05, 0) is 54.7 Å². The molecule has 72 heavy (non-hydrogen) atoms. The minimum Gasteiger partial charge on any atom is -0.481 e. The van der Waals surface area contributed by atoms with E-state index < -0.39 is 17.9 Å². The van der Waals surface area contributed by atoms with Crippen molar-refractivity contribution in [3.63, 3.8) is 0 Å². The average Bonchev–Trinajstić information content (AvgIpc) is 4.26. The number of fused-ring (bicyclic) bond motifs is 2. The molecule has 0 aliphatic carbocycles. The maximum atomic E-state index is 13.0. The van der Waals surface area contributed by atoms with Crippen LogP contribution in [0.25, 0.3) is 44.1 Å². The van der Waals surface area contributed by atoms with Gasteiger partial charge in [0.05, 0.1) is 66.4 Å². The second kappa shape index (κ2) is 25.0. The molecule has 2 atom stereocenters. The molecule has 0 radical (unpaired) electrons. The maximum Gasteiger partial charge on any atom is 0.433 e. The molecule has 376 valence electrons. The number of carbonyl (C=O) groups excluding carboxylic acids is 4. The van der Waals surface area contributed by atoms with Gasteiger partial charge in [0.15, 0.2) is 0 Å². The van der Waals surface area contributed by atoms with Crippen molar-refractivity contribution in [3.05, 3.63) is 124 Å². The molecule has 8 rings (SSSR count). The van der Waals surface area contributed by atoms with E-state index >= 15 is 0 Å². The molecule has 17 nitrogen and oxygen atoms in total. The average molecular weight is 1020 g/mol. The van der Waals surface area contributed by atoms with Crippen molar-refractivity contribution in [2.24, 2.45) is 0 Å². The van der Waals surface area contributed by atoms with E-state index in [0.29, 0.717) is 69.4 Å². The lowest BCUT2D eigenvalue weighted by Crippen LogP contribution is -2.28. The molecule has 0 unspecified atom stereocenters. The van der Waals surface area contributed by atoms with Gasteiger partial charge in [0.2, 0.25) is 17.7 Å². The van der Waals surface area contributed by atoms with Gasteiger partial charge in [0.25, 0.3) is 11.8 Å². The molecule has 0 spiro atoms. The number of H-pyrrole nitrogens is 2. The molecule has 0 aliphatic rings. The summed E-state index contributed by atoms with van der Waals surface area (Å²) >= 11 is 2.54. The van der Waals surface area contributed by atoms with Crippen molar-refractivity contribution >= 4 is 67.8 Å². The lowest BCUT2D eigenvalue weighted by molar-refractivity contribution is -0.141. The van der Waals surface area contributed by atoms with Crippen molar-refractivity contribution < 1.29 is 37.1 Å². The zero-order valence-electron chi connectivity index (χ0n) is 39.6. The number of thiazole rings is 2. The topological polar surface area (TPSA) is 235 Å². The van der Waals surface area contributed by atoms with Crippen LogP contribution in [-0.4, -0.2) is 84.7 Å². The number of nitrogens with zero attached hydrogens (tertiary/aromatic N) is 6. The molecule has 0 fully saturated rings. The van der Waals surface area contributed by atoms with E-state index in [4.69, 9.17) is 4.74 Å². The van der Waals surface area contributed by atoms with Crippen molar-refractivity contribution in [2.75, 3.05) is 21.2 Å². The molecule has 22 heteroatoms. The number of alkyl halides is 3. The predicted molar refractivity (Wildman–Crippen MR) is 269 cm³/mol. The Kier molecular flexibility index (Phi) is 18.1. The maximum absolute atomic E-state index is 13.0. The zero-order chi connectivity index (χ0) is 51.0. The summed E-state index contributed by atoms with van der Waals surface area (Å²) in [7, 11) is 4.85. The number of nitrogens with one attached hydrogen (secondary N) is 6. The van der Waals surface area contributed by atoms with Crippen molar-refractivity contribution in [1.29, 1.82) is 0 Å². The van der Waals surface area contributed by atoms with Crippen LogP contribution in [0.4, 0.5) is 13.2 Å². The quantitative estimate of drug-likeness (QED) is 0.0371. The Morgan fingerprint density at radius 3 is 1.53 bits per heavy atom. The number of imidazole rings is 2. The number of halogens is 3. The number of aromatic amines is 2. The summed E-state index contributed by atoms with van der Waals surface area (Å²) in [4.78, 5) is 80.9. The minimum absolute atomic E-state index is 0.00839. The molecular formula is C50H53F3N12O5S2. The summed E-state index contributed by atoms with van der Waals surface area (Å²) < 4.78 is 44.1. The number of benzene rings is 2. The monoisotopic (exact) mass is 1020 g/mol. The third kappa shape index (κ3) is 14.3. The van der Waals surface area contributed by atoms with E-state index in [1.807, 2.05) is 24.3 Å². The molecule has 6 heterocycles. The van der Waals surface area contributed by atoms with Gasteiger partial charge in [0, 0.05) is 67.3 Å². The van der Waals surface area contributed by atoms with Gasteiger partial charge < -0.3 is 36.0 Å². The fraction of sp³-hybridized carbons (Fsp3) is 0.320. The number of aromatic nitrogens is 8. The standard InChI is InChI=1S/C25H25F3N6O2S.C25H28N6O3S/c1-29-22(35)6-4-2-3-5-18(34-24(36)20-13-30-14-37-20)23-32-12-19(33-23)16-8-7-15-10-21(25(26,27)28)31-11-17(15)9-16;1-26-22(32)7-5-3-4-6-19(31-25(33)21-14-27-15-35-21)24-29-13-20(30-24)17-9-8-16-11-23(34-2)28-12-18(16)10-17/h7-14,18H,2-6H2,1H3,(H,29,35)(H,32,33)(H,34,36);8-15,19H,3-7H2,1-2H3,(H,26,32)(H,29,30)(H,31,33)/t18-;19-/m00/s1. The molecule has 6 N–H and O–H groups in total. The van der Waals surface area contributed by atoms with Crippen molar-refractivity contribution in [3.8, 4) is 28.4 Å². The minimum atomic E-state index is -4.51. The summed E-state index contributed by atoms with van der Waals surface area (Å²) in [5.41, 5.74) is 5.50.